The van der Waals surface area contributed by atoms with Gasteiger partial charge in [0.2, 0.25) is 0 Å². The molecule has 0 amide bonds. The van der Waals surface area contributed by atoms with E-state index in [1.165, 1.54) is 30.6 Å². The first kappa shape index (κ1) is 15.3. The van der Waals surface area contributed by atoms with Crippen molar-refractivity contribution in [2.75, 3.05) is 19.6 Å². The molecule has 1 aliphatic heterocycles. The summed E-state index contributed by atoms with van der Waals surface area (Å²) in [5.74, 6) is 0. The van der Waals surface area contributed by atoms with Crippen molar-refractivity contribution in [3.05, 3.63) is 71.8 Å². The highest BCUT2D eigenvalue weighted by molar-refractivity contribution is 5.16. The predicted octanol–water partition coefficient (Wildman–Crippen LogP) is 3.78. The fourth-order valence-corrected chi connectivity index (χ4v) is 3.36. The van der Waals surface area contributed by atoms with Crippen molar-refractivity contribution >= 4 is 0 Å². The molecule has 0 bridgehead atoms. The molecule has 2 aromatic rings. The van der Waals surface area contributed by atoms with Crippen LogP contribution in [0.2, 0.25) is 0 Å². The molecule has 116 valence electrons. The number of nitrogens with zero attached hydrogens (tertiary/aromatic N) is 2. The third-order valence-corrected chi connectivity index (χ3v) is 4.64. The summed E-state index contributed by atoms with van der Waals surface area (Å²) in [6.45, 7) is 7.99. The second kappa shape index (κ2) is 7.57. The van der Waals surface area contributed by atoms with Crippen LogP contribution in [0.25, 0.3) is 0 Å². The Hall–Kier alpha value is -1.64. The van der Waals surface area contributed by atoms with E-state index in [4.69, 9.17) is 0 Å². The van der Waals surface area contributed by atoms with Crippen molar-refractivity contribution in [3.63, 3.8) is 0 Å². The molecular formula is C20H26N2. The lowest BCUT2D eigenvalue weighted by molar-refractivity contribution is 0.0620. The highest BCUT2D eigenvalue weighted by Crippen LogP contribution is 2.18. The molecule has 1 aliphatic rings. The first-order valence-corrected chi connectivity index (χ1v) is 8.39. The van der Waals surface area contributed by atoms with Crippen LogP contribution in [-0.2, 0) is 13.1 Å². The first-order valence-electron chi connectivity index (χ1n) is 8.39. The highest BCUT2D eigenvalue weighted by atomic mass is 15.3. The quantitative estimate of drug-likeness (QED) is 0.828. The topological polar surface area (TPSA) is 6.48 Å². The molecule has 0 aromatic heterocycles. The molecule has 0 spiro atoms. The van der Waals surface area contributed by atoms with Crippen LogP contribution in [0, 0.1) is 0 Å². The summed E-state index contributed by atoms with van der Waals surface area (Å²) >= 11 is 0. The van der Waals surface area contributed by atoms with Crippen LogP contribution in [0.5, 0.6) is 0 Å². The summed E-state index contributed by atoms with van der Waals surface area (Å²) < 4.78 is 0. The van der Waals surface area contributed by atoms with Crippen LogP contribution in [-0.4, -0.2) is 35.5 Å². The van der Waals surface area contributed by atoms with Gasteiger partial charge in [0, 0.05) is 38.8 Å². The lowest BCUT2D eigenvalue weighted by atomic mass is 10.1. The summed E-state index contributed by atoms with van der Waals surface area (Å²) in [6.07, 6.45) is 1.22. The summed E-state index contributed by atoms with van der Waals surface area (Å²) in [5.41, 5.74) is 2.85. The van der Waals surface area contributed by atoms with Gasteiger partial charge in [-0.3, -0.25) is 9.80 Å². The standard InChI is InChI=1S/C20H26N2/c1-2-20-17-21(15-18-9-5-3-6-10-18)13-14-22(20)16-19-11-7-4-8-12-19/h3-12,20H,2,13-17H2,1H3/t20-/m0/s1. The Labute approximate surface area is 134 Å². The van der Waals surface area contributed by atoms with E-state index in [2.05, 4.69) is 77.4 Å². The van der Waals surface area contributed by atoms with Gasteiger partial charge in [-0.2, -0.15) is 0 Å². The smallest absolute Gasteiger partial charge is 0.0237 e. The Balaban J connectivity index is 1.59. The second-order valence-corrected chi connectivity index (χ2v) is 6.24. The van der Waals surface area contributed by atoms with Gasteiger partial charge < -0.3 is 0 Å². The van der Waals surface area contributed by atoms with E-state index in [0.29, 0.717) is 6.04 Å². The van der Waals surface area contributed by atoms with Crippen molar-refractivity contribution in [2.45, 2.75) is 32.5 Å². The fourth-order valence-electron chi connectivity index (χ4n) is 3.36. The molecule has 2 aromatic carbocycles. The molecule has 1 saturated heterocycles. The Morgan fingerprint density at radius 2 is 1.41 bits per heavy atom. The summed E-state index contributed by atoms with van der Waals surface area (Å²) in [6, 6.07) is 22.4. The van der Waals surface area contributed by atoms with Crippen molar-refractivity contribution < 1.29 is 0 Å². The number of benzene rings is 2. The zero-order valence-corrected chi connectivity index (χ0v) is 13.5. The molecule has 0 aliphatic carbocycles. The number of hydrogen-bond acceptors (Lipinski definition) is 2. The summed E-state index contributed by atoms with van der Waals surface area (Å²) in [7, 11) is 0. The Kier molecular flexibility index (Phi) is 5.25. The van der Waals surface area contributed by atoms with E-state index in [1.807, 2.05) is 0 Å². The van der Waals surface area contributed by atoms with Gasteiger partial charge in [0.1, 0.15) is 0 Å². The van der Waals surface area contributed by atoms with Gasteiger partial charge in [0.05, 0.1) is 0 Å². The third-order valence-electron chi connectivity index (χ3n) is 4.64. The molecule has 0 unspecified atom stereocenters. The van der Waals surface area contributed by atoms with Gasteiger partial charge in [-0.15, -0.1) is 0 Å². The lowest BCUT2D eigenvalue weighted by Crippen LogP contribution is -2.51. The molecular weight excluding hydrogens is 268 g/mol. The molecule has 2 heteroatoms. The van der Waals surface area contributed by atoms with Crippen molar-refractivity contribution in [1.82, 2.24) is 9.80 Å². The van der Waals surface area contributed by atoms with Crippen LogP contribution in [0.3, 0.4) is 0 Å². The fraction of sp³-hybridized carbons (Fsp3) is 0.400. The van der Waals surface area contributed by atoms with E-state index in [0.717, 1.165) is 19.6 Å². The molecule has 0 N–H and O–H groups in total. The lowest BCUT2D eigenvalue weighted by Gasteiger charge is -2.41. The van der Waals surface area contributed by atoms with E-state index in [-0.39, 0.29) is 0 Å². The van der Waals surface area contributed by atoms with Crippen LogP contribution in [0.15, 0.2) is 60.7 Å². The van der Waals surface area contributed by atoms with E-state index in [1.54, 1.807) is 0 Å². The van der Waals surface area contributed by atoms with Crippen molar-refractivity contribution in [2.24, 2.45) is 0 Å². The molecule has 1 atom stereocenters. The minimum atomic E-state index is 0.665. The first-order chi connectivity index (χ1) is 10.8. The predicted molar refractivity (Wildman–Crippen MR) is 92.7 cm³/mol. The molecule has 2 nitrogen and oxygen atoms in total. The SMILES string of the molecule is CC[C@H]1CN(Cc2ccccc2)CCN1Cc1ccccc1. The largest absolute Gasteiger partial charge is 0.296 e. The number of piperazine rings is 1. The molecule has 3 rings (SSSR count). The molecule has 0 saturated carbocycles. The number of hydrogen-bond donors (Lipinski definition) is 0. The minimum Gasteiger partial charge on any atom is -0.296 e. The van der Waals surface area contributed by atoms with Gasteiger partial charge in [-0.05, 0) is 17.5 Å². The van der Waals surface area contributed by atoms with Gasteiger partial charge in [0.25, 0.3) is 0 Å². The van der Waals surface area contributed by atoms with E-state index >= 15 is 0 Å². The maximum atomic E-state index is 2.65. The summed E-state index contributed by atoms with van der Waals surface area (Å²) in [5, 5.41) is 0. The van der Waals surface area contributed by atoms with E-state index in [9.17, 15) is 0 Å². The Morgan fingerprint density at radius 1 is 0.818 bits per heavy atom. The maximum absolute atomic E-state index is 2.65. The monoisotopic (exact) mass is 294 g/mol. The highest BCUT2D eigenvalue weighted by Gasteiger charge is 2.25. The van der Waals surface area contributed by atoms with Gasteiger partial charge in [0.15, 0.2) is 0 Å². The molecule has 1 heterocycles. The van der Waals surface area contributed by atoms with Crippen molar-refractivity contribution in [1.29, 1.82) is 0 Å². The summed E-state index contributed by atoms with van der Waals surface area (Å²) in [4.78, 5) is 5.25. The third kappa shape index (κ3) is 3.96. The Bertz CT molecular complexity index is 552. The van der Waals surface area contributed by atoms with Crippen LogP contribution in [0.1, 0.15) is 24.5 Å². The van der Waals surface area contributed by atoms with Crippen LogP contribution < -0.4 is 0 Å². The normalized spacial score (nSPS) is 20.1. The zero-order chi connectivity index (χ0) is 15.2. The molecule has 0 radical (unpaired) electrons. The van der Waals surface area contributed by atoms with Gasteiger partial charge in [-0.1, -0.05) is 67.6 Å². The Morgan fingerprint density at radius 3 is 2.00 bits per heavy atom. The average Bonchev–Trinajstić information content (AvgIpc) is 2.58. The number of rotatable bonds is 5. The second-order valence-electron chi connectivity index (χ2n) is 6.24. The van der Waals surface area contributed by atoms with E-state index < -0.39 is 0 Å². The van der Waals surface area contributed by atoms with Crippen LogP contribution >= 0.6 is 0 Å². The molecule has 1 fully saturated rings. The van der Waals surface area contributed by atoms with Gasteiger partial charge in [-0.25, -0.2) is 0 Å². The zero-order valence-electron chi connectivity index (χ0n) is 13.5. The van der Waals surface area contributed by atoms with Crippen LogP contribution in [0.4, 0.5) is 0 Å². The average molecular weight is 294 g/mol. The molecule has 22 heavy (non-hydrogen) atoms. The minimum absolute atomic E-state index is 0.665. The van der Waals surface area contributed by atoms with Crippen molar-refractivity contribution in [3.8, 4) is 0 Å². The maximum Gasteiger partial charge on any atom is 0.0237 e. The van der Waals surface area contributed by atoms with Gasteiger partial charge >= 0.3 is 0 Å².